The first-order valence-electron chi connectivity index (χ1n) is 19.0. The number of carbonyl (C=O) groups excluding carboxylic acids is 2. The van der Waals surface area contributed by atoms with Gasteiger partial charge in [0.15, 0.2) is 0 Å². The zero-order valence-electron chi connectivity index (χ0n) is 33.2. The Bertz CT molecular complexity index is 589. The van der Waals surface area contributed by atoms with Gasteiger partial charge in [-0.2, -0.15) is 0 Å². The number of carbonyl (C=O) groups is 2. The topological polar surface area (TPSA) is 193 Å². The molecule has 0 aliphatic carbocycles. The van der Waals surface area contributed by atoms with Crippen LogP contribution < -0.4 is 22.1 Å². The third-order valence-corrected chi connectivity index (χ3v) is 6.05. The second kappa shape index (κ2) is 60.6. The molecule has 0 rings (SSSR count). The summed E-state index contributed by atoms with van der Waals surface area (Å²) in [5.41, 5.74) is 10.1. The molecule has 0 bridgehead atoms. The number of methoxy groups -OCH3 is 1. The molecule has 0 saturated heterocycles. The number of hydrogen-bond acceptors (Lipinski definition) is 13. The van der Waals surface area contributed by atoms with Crippen LogP contribution in [0.4, 0.5) is 0 Å². The lowest BCUT2D eigenvalue weighted by molar-refractivity contribution is -0.121. The molecule has 15 nitrogen and oxygen atoms in total. The Hall–Kier alpha value is -1.50. The SMILES string of the molecule is CCCC.CCCN.CCOCCN.COCCOCCOCCOCCOCCOCCOCCOCCNC(=O)CCCCCCNC=O. The van der Waals surface area contributed by atoms with E-state index in [9.17, 15) is 9.59 Å². The van der Waals surface area contributed by atoms with Crippen molar-refractivity contribution in [2.75, 3.05) is 146 Å². The van der Waals surface area contributed by atoms with Crippen molar-refractivity contribution in [3.63, 3.8) is 0 Å². The van der Waals surface area contributed by atoms with Crippen LogP contribution in [-0.4, -0.2) is 158 Å². The summed E-state index contributed by atoms with van der Waals surface area (Å²) in [6.07, 6.45) is 8.75. The third-order valence-electron chi connectivity index (χ3n) is 6.05. The minimum absolute atomic E-state index is 0.0423. The molecule has 0 fully saturated rings. The zero-order valence-corrected chi connectivity index (χ0v) is 33.2. The van der Waals surface area contributed by atoms with Gasteiger partial charge in [0.25, 0.3) is 0 Å². The molecule has 0 aromatic carbocycles. The van der Waals surface area contributed by atoms with Gasteiger partial charge in [0, 0.05) is 39.8 Å². The van der Waals surface area contributed by atoms with Crippen LogP contribution >= 0.6 is 0 Å². The smallest absolute Gasteiger partial charge is 0.220 e. The highest BCUT2D eigenvalue weighted by Gasteiger charge is 2.01. The lowest BCUT2D eigenvalue weighted by Crippen LogP contribution is -2.27. The van der Waals surface area contributed by atoms with E-state index in [2.05, 4.69) is 31.4 Å². The first kappa shape index (κ1) is 56.2. The van der Waals surface area contributed by atoms with Crippen LogP contribution in [0.3, 0.4) is 0 Å². The number of amides is 2. The molecule has 0 aliphatic heterocycles. The van der Waals surface area contributed by atoms with Crippen LogP contribution in [0.1, 0.15) is 79.1 Å². The van der Waals surface area contributed by atoms with Gasteiger partial charge in [-0.05, 0) is 32.7 Å². The van der Waals surface area contributed by atoms with E-state index in [4.69, 9.17) is 54.1 Å². The summed E-state index contributed by atoms with van der Waals surface area (Å²) in [6.45, 7) is 20.2. The Morgan fingerprint density at radius 1 is 0.510 bits per heavy atom. The zero-order chi connectivity index (χ0) is 38.6. The number of nitrogens with two attached hydrogens (primary N) is 2. The van der Waals surface area contributed by atoms with Crippen LogP contribution in [-0.2, 0) is 52.2 Å². The largest absolute Gasteiger partial charge is 0.382 e. The van der Waals surface area contributed by atoms with Crippen molar-refractivity contribution < 1.29 is 52.2 Å². The van der Waals surface area contributed by atoms with Gasteiger partial charge in [0.05, 0.1) is 106 Å². The molecule has 0 aromatic heterocycles. The van der Waals surface area contributed by atoms with E-state index < -0.39 is 0 Å². The van der Waals surface area contributed by atoms with E-state index in [0.29, 0.717) is 138 Å². The standard InChI is InChI=1S/C25H50N2O10.C4H11NO.C4H10.C3H9N/c1-30-10-11-32-14-15-34-18-19-36-22-23-37-21-20-35-17-16-33-13-12-31-9-8-27-25(29)6-4-2-3-5-7-26-24-28;1-2-6-4-3-5;1-3-4-2;1-2-3-4/h24H,2-23H2,1H3,(H,26,28)(H,27,29);2-5H2,1H3;3-4H2,1-2H3;2-4H2,1H3. The van der Waals surface area contributed by atoms with Gasteiger partial charge >= 0.3 is 0 Å². The predicted octanol–water partition coefficient (Wildman–Crippen LogP) is 2.70. The summed E-state index contributed by atoms with van der Waals surface area (Å²) in [6, 6.07) is 0. The Kier molecular flexibility index (Phi) is 66.8. The van der Waals surface area contributed by atoms with Crippen molar-refractivity contribution in [1.29, 1.82) is 0 Å². The summed E-state index contributed by atoms with van der Waals surface area (Å²) in [4.78, 5) is 21.8. The lowest BCUT2D eigenvalue weighted by atomic mass is 10.1. The summed E-state index contributed by atoms with van der Waals surface area (Å²) in [5.74, 6) is 0.0423. The Morgan fingerprint density at radius 2 is 0.922 bits per heavy atom. The predicted molar refractivity (Wildman–Crippen MR) is 203 cm³/mol. The van der Waals surface area contributed by atoms with Gasteiger partial charge < -0.3 is 64.7 Å². The number of hydrogen-bond donors (Lipinski definition) is 4. The highest BCUT2D eigenvalue weighted by atomic mass is 16.6. The normalized spacial score (nSPS) is 10.3. The fourth-order valence-electron chi connectivity index (χ4n) is 3.07. The monoisotopic (exact) mass is 745 g/mol. The number of nitrogens with one attached hydrogen (secondary N) is 2. The van der Waals surface area contributed by atoms with Crippen molar-refractivity contribution in [2.45, 2.75) is 79.1 Å². The van der Waals surface area contributed by atoms with Gasteiger partial charge in [-0.3, -0.25) is 9.59 Å². The van der Waals surface area contributed by atoms with Crippen LogP contribution in [0, 0.1) is 0 Å². The van der Waals surface area contributed by atoms with Gasteiger partial charge in [0.1, 0.15) is 0 Å². The molecule has 0 radical (unpaired) electrons. The molecular formula is C36H80N4O11. The molecule has 15 heteroatoms. The Labute approximate surface area is 311 Å². The Balaban J connectivity index is -0.000000660. The highest BCUT2D eigenvalue weighted by molar-refractivity contribution is 5.75. The molecule has 310 valence electrons. The molecule has 0 saturated carbocycles. The van der Waals surface area contributed by atoms with Crippen LogP contribution in [0.15, 0.2) is 0 Å². The minimum Gasteiger partial charge on any atom is -0.382 e. The fraction of sp³-hybridized carbons (Fsp3) is 0.944. The molecule has 0 aromatic rings. The summed E-state index contributed by atoms with van der Waals surface area (Å²) in [5, 5.41) is 5.47. The molecule has 51 heavy (non-hydrogen) atoms. The van der Waals surface area contributed by atoms with E-state index in [1.807, 2.05) is 6.92 Å². The van der Waals surface area contributed by atoms with Gasteiger partial charge in [-0.1, -0.05) is 46.5 Å². The molecule has 0 spiro atoms. The molecule has 0 aliphatic rings. The minimum atomic E-state index is 0.0423. The second-order valence-electron chi connectivity index (χ2n) is 10.6. The maximum absolute atomic E-state index is 11.7. The van der Waals surface area contributed by atoms with E-state index in [1.165, 1.54) is 12.8 Å². The second-order valence-corrected chi connectivity index (χ2v) is 10.6. The average Bonchev–Trinajstić information content (AvgIpc) is 3.15. The van der Waals surface area contributed by atoms with Gasteiger partial charge in [-0.25, -0.2) is 0 Å². The number of unbranched alkanes of at least 4 members (excludes halogenated alkanes) is 4. The van der Waals surface area contributed by atoms with Crippen molar-refractivity contribution >= 4 is 12.3 Å². The maximum atomic E-state index is 11.7. The van der Waals surface area contributed by atoms with Crippen molar-refractivity contribution in [3.05, 3.63) is 0 Å². The molecule has 0 heterocycles. The van der Waals surface area contributed by atoms with Crippen LogP contribution in [0.2, 0.25) is 0 Å². The molecular weight excluding hydrogens is 664 g/mol. The molecule has 6 N–H and O–H groups in total. The average molecular weight is 745 g/mol. The molecule has 2 amide bonds. The van der Waals surface area contributed by atoms with Crippen molar-refractivity contribution in [2.24, 2.45) is 11.5 Å². The summed E-state index contributed by atoms with van der Waals surface area (Å²) >= 11 is 0. The van der Waals surface area contributed by atoms with E-state index in [-0.39, 0.29) is 5.91 Å². The van der Waals surface area contributed by atoms with Gasteiger partial charge in [0.2, 0.25) is 12.3 Å². The van der Waals surface area contributed by atoms with Crippen LogP contribution in [0.5, 0.6) is 0 Å². The van der Waals surface area contributed by atoms with E-state index in [0.717, 1.165) is 45.3 Å². The Morgan fingerprint density at radius 3 is 1.25 bits per heavy atom. The van der Waals surface area contributed by atoms with Crippen molar-refractivity contribution in [3.8, 4) is 0 Å². The maximum Gasteiger partial charge on any atom is 0.220 e. The third kappa shape index (κ3) is 70.7. The lowest BCUT2D eigenvalue weighted by Gasteiger charge is -2.09. The van der Waals surface area contributed by atoms with Crippen molar-refractivity contribution in [1.82, 2.24) is 10.6 Å². The van der Waals surface area contributed by atoms with Gasteiger partial charge in [-0.15, -0.1) is 0 Å². The van der Waals surface area contributed by atoms with E-state index >= 15 is 0 Å². The first-order chi connectivity index (χ1) is 25.1. The first-order valence-corrected chi connectivity index (χ1v) is 19.0. The molecule has 0 unspecified atom stereocenters. The highest BCUT2D eigenvalue weighted by Crippen LogP contribution is 2.02. The quantitative estimate of drug-likeness (QED) is 0.0537. The van der Waals surface area contributed by atoms with E-state index in [1.54, 1.807) is 7.11 Å². The molecule has 0 atom stereocenters. The summed E-state index contributed by atoms with van der Waals surface area (Å²) in [7, 11) is 1.64. The van der Waals surface area contributed by atoms with Crippen LogP contribution in [0.25, 0.3) is 0 Å². The number of ether oxygens (including phenoxy) is 9. The number of rotatable bonds is 37. The summed E-state index contributed by atoms with van der Waals surface area (Å²) < 4.78 is 47.6. The fourth-order valence-corrected chi connectivity index (χ4v) is 3.07.